The number of rotatable bonds is 3. The van der Waals surface area contributed by atoms with Gasteiger partial charge >= 0.3 is 5.96 Å². The fourth-order valence-corrected chi connectivity index (χ4v) is 4.48. The smallest absolute Gasteiger partial charge is 0.275 e. The van der Waals surface area contributed by atoms with Crippen molar-refractivity contribution in [2.45, 2.75) is 114 Å². The van der Waals surface area contributed by atoms with Crippen molar-refractivity contribution in [2.24, 2.45) is 0 Å². The van der Waals surface area contributed by atoms with Crippen molar-refractivity contribution in [3.8, 4) is 0 Å². The molecule has 3 N–H and O–H groups in total. The average Bonchev–Trinajstić information content (AvgIpc) is 2.57. The molecule has 22 heavy (non-hydrogen) atoms. The number of guanidine groups is 1. The topological polar surface area (TPSA) is 38.0 Å². The minimum atomic E-state index is 0.691. The highest BCUT2D eigenvalue weighted by Crippen LogP contribution is 2.19. The molecule has 3 fully saturated rings. The first-order valence-electron chi connectivity index (χ1n) is 10.1. The highest BCUT2D eigenvalue weighted by atomic mass is 15.2. The summed E-state index contributed by atoms with van der Waals surface area (Å²) in [6.45, 7) is 0. The minimum Gasteiger partial charge on any atom is -0.275 e. The van der Waals surface area contributed by atoms with Crippen LogP contribution in [0.25, 0.3) is 0 Å². The zero-order valence-electron chi connectivity index (χ0n) is 14.3. The van der Waals surface area contributed by atoms with Gasteiger partial charge in [-0.25, -0.2) is 0 Å². The zero-order valence-corrected chi connectivity index (χ0v) is 14.3. The predicted octanol–water partition coefficient (Wildman–Crippen LogP) is 2.60. The largest absolute Gasteiger partial charge is 0.344 e. The molecule has 3 saturated carbocycles. The van der Waals surface area contributed by atoms with E-state index in [0.717, 1.165) is 0 Å². The Labute approximate surface area is 136 Å². The van der Waals surface area contributed by atoms with Gasteiger partial charge in [-0.2, -0.15) is 0 Å². The highest BCUT2D eigenvalue weighted by molar-refractivity contribution is 5.74. The second-order valence-electron chi connectivity index (χ2n) is 7.81. The van der Waals surface area contributed by atoms with E-state index >= 15 is 0 Å². The van der Waals surface area contributed by atoms with Crippen LogP contribution in [-0.4, -0.2) is 24.1 Å². The van der Waals surface area contributed by atoms with E-state index in [1.807, 2.05) is 0 Å². The van der Waals surface area contributed by atoms with Gasteiger partial charge in [0.25, 0.3) is 0 Å². The Balaban J connectivity index is 1.59. The SMILES string of the molecule is C1CCC(NC(NC2CCCCC2)=[NH+]C2CCCCC2)CC1. The Morgan fingerprint density at radius 2 is 0.955 bits per heavy atom. The van der Waals surface area contributed by atoms with Gasteiger partial charge in [-0.3, -0.25) is 15.6 Å². The van der Waals surface area contributed by atoms with E-state index in [4.69, 9.17) is 0 Å². The Bertz CT molecular complexity index is 313. The molecule has 3 rings (SSSR count). The van der Waals surface area contributed by atoms with E-state index in [1.165, 1.54) is 102 Å². The van der Waals surface area contributed by atoms with Gasteiger partial charge in [0.05, 0.1) is 18.1 Å². The van der Waals surface area contributed by atoms with Gasteiger partial charge in [0, 0.05) is 0 Å². The first-order chi connectivity index (χ1) is 10.9. The van der Waals surface area contributed by atoms with Gasteiger partial charge in [0.1, 0.15) is 0 Å². The molecule has 0 spiro atoms. The predicted molar refractivity (Wildman–Crippen MR) is 92.9 cm³/mol. The Morgan fingerprint density at radius 3 is 1.41 bits per heavy atom. The summed E-state index contributed by atoms with van der Waals surface area (Å²) < 4.78 is 0. The molecule has 126 valence electrons. The lowest BCUT2D eigenvalue weighted by atomic mass is 9.94. The lowest BCUT2D eigenvalue weighted by Gasteiger charge is -2.26. The lowest BCUT2D eigenvalue weighted by Crippen LogP contribution is -2.86. The lowest BCUT2D eigenvalue weighted by molar-refractivity contribution is -0.512. The van der Waals surface area contributed by atoms with Crippen LogP contribution in [0.2, 0.25) is 0 Å². The number of nitrogens with one attached hydrogen (secondary N) is 3. The summed E-state index contributed by atoms with van der Waals surface area (Å²) in [7, 11) is 0. The third-order valence-corrected chi connectivity index (χ3v) is 5.86. The van der Waals surface area contributed by atoms with Crippen LogP contribution in [0.15, 0.2) is 0 Å². The standard InChI is InChI=1S/C19H35N3/c1-4-10-16(11-5-1)20-19(21-17-12-6-2-7-13-17)22-18-14-8-3-9-15-18/h16-18H,1-15H2,(H2,20,21,22)/p+1. The van der Waals surface area contributed by atoms with Crippen LogP contribution < -0.4 is 15.6 Å². The first-order valence-corrected chi connectivity index (χ1v) is 10.1. The molecule has 0 aromatic heterocycles. The molecule has 3 nitrogen and oxygen atoms in total. The van der Waals surface area contributed by atoms with Gasteiger partial charge in [-0.1, -0.05) is 57.8 Å². The molecule has 0 amide bonds. The summed E-state index contributed by atoms with van der Waals surface area (Å²) >= 11 is 0. The third kappa shape index (κ3) is 5.17. The maximum absolute atomic E-state index is 3.84. The molecule has 3 aliphatic rings. The third-order valence-electron chi connectivity index (χ3n) is 5.86. The minimum absolute atomic E-state index is 0.691. The van der Waals surface area contributed by atoms with Crippen molar-refractivity contribution in [3.63, 3.8) is 0 Å². The molecule has 3 aliphatic carbocycles. The second-order valence-corrected chi connectivity index (χ2v) is 7.81. The molecule has 0 radical (unpaired) electrons. The molecule has 3 heteroatoms. The Hall–Kier alpha value is -0.730. The molecule has 0 saturated heterocycles. The molecule has 0 aliphatic heterocycles. The van der Waals surface area contributed by atoms with Crippen LogP contribution in [0.1, 0.15) is 96.3 Å². The van der Waals surface area contributed by atoms with Crippen molar-refractivity contribution in [1.29, 1.82) is 0 Å². The van der Waals surface area contributed by atoms with E-state index in [0.29, 0.717) is 18.1 Å². The van der Waals surface area contributed by atoms with Crippen molar-refractivity contribution in [2.75, 3.05) is 0 Å². The van der Waals surface area contributed by atoms with Crippen LogP contribution in [0.3, 0.4) is 0 Å². The zero-order chi connectivity index (χ0) is 15.0. The van der Waals surface area contributed by atoms with E-state index in [9.17, 15) is 0 Å². The van der Waals surface area contributed by atoms with Crippen molar-refractivity contribution >= 4 is 5.96 Å². The second kappa shape index (κ2) is 8.79. The highest BCUT2D eigenvalue weighted by Gasteiger charge is 2.24. The van der Waals surface area contributed by atoms with Crippen LogP contribution in [0.5, 0.6) is 0 Å². The Kier molecular flexibility index (Phi) is 6.45. The first kappa shape index (κ1) is 16.1. The normalized spacial score (nSPS) is 25.6. The van der Waals surface area contributed by atoms with E-state index < -0.39 is 0 Å². The summed E-state index contributed by atoms with van der Waals surface area (Å²) in [6.07, 6.45) is 20.8. The molecule has 0 heterocycles. The van der Waals surface area contributed by atoms with Crippen LogP contribution in [0.4, 0.5) is 0 Å². The maximum atomic E-state index is 3.84. The monoisotopic (exact) mass is 306 g/mol. The molecule has 0 aromatic carbocycles. The van der Waals surface area contributed by atoms with Crippen molar-refractivity contribution < 1.29 is 4.99 Å². The van der Waals surface area contributed by atoms with Crippen molar-refractivity contribution in [1.82, 2.24) is 10.6 Å². The van der Waals surface area contributed by atoms with Crippen LogP contribution >= 0.6 is 0 Å². The van der Waals surface area contributed by atoms with E-state index in [-0.39, 0.29) is 0 Å². The summed E-state index contributed by atoms with van der Waals surface area (Å²) in [5, 5.41) is 7.69. The van der Waals surface area contributed by atoms with Gasteiger partial charge < -0.3 is 0 Å². The summed E-state index contributed by atoms with van der Waals surface area (Å²) in [6, 6.07) is 2.07. The summed E-state index contributed by atoms with van der Waals surface area (Å²) in [5.74, 6) is 1.27. The molecular formula is C19H36N3+. The van der Waals surface area contributed by atoms with Gasteiger partial charge in [0.2, 0.25) is 0 Å². The van der Waals surface area contributed by atoms with Crippen LogP contribution in [-0.2, 0) is 0 Å². The van der Waals surface area contributed by atoms with Crippen LogP contribution in [0, 0.1) is 0 Å². The molecule has 0 bridgehead atoms. The molecule has 0 unspecified atom stereocenters. The van der Waals surface area contributed by atoms with E-state index in [2.05, 4.69) is 15.6 Å². The summed E-state index contributed by atoms with van der Waals surface area (Å²) in [5.41, 5.74) is 0. The number of hydrogen-bond acceptors (Lipinski definition) is 0. The fraction of sp³-hybridized carbons (Fsp3) is 0.947. The average molecular weight is 307 g/mol. The Morgan fingerprint density at radius 1 is 0.545 bits per heavy atom. The molecule has 0 aromatic rings. The van der Waals surface area contributed by atoms with Crippen molar-refractivity contribution in [3.05, 3.63) is 0 Å². The maximum Gasteiger partial charge on any atom is 0.344 e. The molecule has 0 atom stereocenters. The van der Waals surface area contributed by atoms with E-state index in [1.54, 1.807) is 0 Å². The summed E-state index contributed by atoms with van der Waals surface area (Å²) in [4.78, 5) is 3.84. The molecular weight excluding hydrogens is 270 g/mol. The van der Waals surface area contributed by atoms with Gasteiger partial charge in [-0.05, 0) is 38.5 Å². The van der Waals surface area contributed by atoms with Gasteiger partial charge in [0.15, 0.2) is 0 Å². The van der Waals surface area contributed by atoms with Gasteiger partial charge in [-0.15, -0.1) is 0 Å². The fourth-order valence-electron chi connectivity index (χ4n) is 4.48. The number of hydrogen-bond donors (Lipinski definition) is 3. The quantitative estimate of drug-likeness (QED) is 0.554.